The molecule has 0 saturated heterocycles. The van der Waals surface area contributed by atoms with Crippen LogP contribution in [0.2, 0.25) is 5.02 Å². The Bertz CT molecular complexity index is 896. The van der Waals surface area contributed by atoms with Crippen LogP contribution in [-0.2, 0) is 15.3 Å². The van der Waals surface area contributed by atoms with Crippen LogP contribution in [0.25, 0.3) is 6.08 Å². The van der Waals surface area contributed by atoms with E-state index in [1.807, 2.05) is 50.2 Å². The second kappa shape index (κ2) is 9.64. The molecule has 0 saturated carbocycles. The zero-order chi connectivity index (χ0) is 20.0. The first-order chi connectivity index (χ1) is 12.8. The van der Waals surface area contributed by atoms with Gasteiger partial charge in [0, 0.05) is 15.7 Å². The fraction of sp³-hybridized carbons (Fsp3) is 0.273. The van der Waals surface area contributed by atoms with Gasteiger partial charge in [0.25, 0.3) is 0 Å². The van der Waals surface area contributed by atoms with E-state index in [9.17, 15) is 10.1 Å². The van der Waals surface area contributed by atoms with Crippen molar-refractivity contribution in [2.75, 3.05) is 0 Å². The molecule has 0 heterocycles. The Hall–Kier alpha value is -2.22. The molecular weight excluding hydrogens is 378 g/mol. The molecule has 2 rings (SSSR count). The van der Waals surface area contributed by atoms with Gasteiger partial charge >= 0.3 is 5.97 Å². The number of aryl methyl sites for hydroxylation is 1. The van der Waals surface area contributed by atoms with Crippen LogP contribution in [0.4, 0.5) is 0 Å². The molecule has 0 amide bonds. The fourth-order valence-corrected chi connectivity index (χ4v) is 3.60. The monoisotopic (exact) mass is 399 g/mol. The summed E-state index contributed by atoms with van der Waals surface area (Å²) in [4.78, 5) is 13.2. The van der Waals surface area contributed by atoms with Crippen LogP contribution in [0.15, 0.2) is 46.9 Å². The van der Waals surface area contributed by atoms with E-state index in [0.717, 1.165) is 37.9 Å². The van der Waals surface area contributed by atoms with Gasteiger partial charge in [0.1, 0.15) is 11.6 Å². The number of carbonyl (C=O) groups is 1. The van der Waals surface area contributed by atoms with Crippen molar-refractivity contribution in [2.24, 2.45) is 0 Å². The van der Waals surface area contributed by atoms with E-state index in [1.54, 1.807) is 31.7 Å². The van der Waals surface area contributed by atoms with Crippen molar-refractivity contribution >= 4 is 35.4 Å². The van der Waals surface area contributed by atoms with Gasteiger partial charge in [-0.05, 0) is 74.7 Å². The number of hydrogen-bond acceptors (Lipinski definition) is 4. The lowest BCUT2D eigenvalue weighted by Gasteiger charge is -2.12. The summed E-state index contributed by atoms with van der Waals surface area (Å²) >= 11 is 7.65. The number of nitriles is 1. The molecule has 3 nitrogen and oxygen atoms in total. The Morgan fingerprint density at radius 2 is 1.93 bits per heavy atom. The molecule has 140 valence electrons. The third kappa shape index (κ3) is 6.16. The maximum atomic E-state index is 12.1. The number of rotatable bonds is 6. The van der Waals surface area contributed by atoms with Gasteiger partial charge in [-0.3, -0.25) is 0 Å². The summed E-state index contributed by atoms with van der Waals surface area (Å²) in [6.07, 6.45) is 1.35. The molecule has 27 heavy (non-hydrogen) atoms. The van der Waals surface area contributed by atoms with Gasteiger partial charge in [-0.25, -0.2) is 4.79 Å². The molecule has 0 bridgehead atoms. The normalized spacial score (nSPS) is 11.4. The highest BCUT2D eigenvalue weighted by molar-refractivity contribution is 7.98. The molecule has 0 fully saturated rings. The minimum absolute atomic E-state index is 0.00806. The summed E-state index contributed by atoms with van der Waals surface area (Å²) in [5, 5.41) is 10.1. The highest BCUT2D eigenvalue weighted by atomic mass is 35.5. The minimum Gasteiger partial charge on any atom is -0.459 e. The SMILES string of the molecule is Cc1cc(C=C(C#N)C(=O)OC(C)C)c(C)c(CSc2ccc(Cl)cc2)c1. The Labute approximate surface area is 170 Å². The maximum Gasteiger partial charge on any atom is 0.349 e. The van der Waals surface area contributed by atoms with E-state index in [2.05, 4.69) is 6.07 Å². The summed E-state index contributed by atoms with van der Waals surface area (Å²) in [6.45, 7) is 7.53. The molecular formula is C22H22ClNO2S. The molecule has 0 N–H and O–H groups in total. The lowest BCUT2D eigenvalue weighted by atomic mass is 9.98. The Morgan fingerprint density at radius 3 is 2.52 bits per heavy atom. The van der Waals surface area contributed by atoms with Gasteiger partial charge in [-0.1, -0.05) is 29.3 Å². The van der Waals surface area contributed by atoms with Gasteiger partial charge in [0.15, 0.2) is 0 Å². The fourth-order valence-electron chi connectivity index (χ4n) is 2.53. The van der Waals surface area contributed by atoms with Gasteiger partial charge in [-0.15, -0.1) is 11.8 Å². The molecule has 2 aromatic rings. The largest absolute Gasteiger partial charge is 0.459 e. The summed E-state index contributed by atoms with van der Waals surface area (Å²) in [5.74, 6) is 0.194. The lowest BCUT2D eigenvalue weighted by molar-refractivity contribution is -0.142. The molecule has 0 unspecified atom stereocenters. The first-order valence-corrected chi connectivity index (χ1v) is 9.97. The van der Waals surface area contributed by atoms with Crippen molar-refractivity contribution in [2.45, 2.75) is 44.4 Å². The molecule has 0 radical (unpaired) electrons. The van der Waals surface area contributed by atoms with Crippen LogP contribution in [0.3, 0.4) is 0 Å². The van der Waals surface area contributed by atoms with Gasteiger partial charge < -0.3 is 4.74 Å². The van der Waals surface area contributed by atoms with Gasteiger partial charge in [0.05, 0.1) is 6.10 Å². The van der Waals surface area contributed by atoms with Crippen LogP contribution in [0.1, 0.15) is 36.1 Å². The van der Waals surface area contributed by atoms with Crippen molar-refractivity contribution < 1.29 is 9.53 Å². The topological polar surface area (TPSA) is 50.1 Å². The van der Waals surface area contributed by atoms with Crippen LogP contribution >= 0.6 is 23.4 Å². The Morgan fingerprint density at radius 1 is 1.26 bits per heavy atom. The minimum atomic E-state index is -0.592. The zero-order valence-corrected chi connectivity index (χ0v) is 17.4. The van der Waals surface area contributed by atoms with Crippen molar-refractivity contribution in [1.29, 1.82) is 5.26 Å². The molecule has 5 heteroatoms. The smallest absolute Gasteiger partial charge is 0.349 e. The number of hydrogen-bond donors (Lipinski definition) is 0. The lowest BCUT2D eigenvalue weighted by Crippen LogP contribution is -2.12. The highest BCUT2D eigenvalue weighted by Gasteiger charge is 2.14. The second-order valence-electron chi connectivity index (χ2n) is 6.50. The van der Waals surface area contributed by atoms with Crippen LogP contribution < -0.4 is 0 Å². The Balaban J connectivity index is 2.28. The van der Waals surface area contributed by atoms with Crippen molar-refractivity contribution in [3.05, 3.63) is 69.2 Å². The molecule has 0 spiro atoms. The number of ether oxygens (including phenoxy) is 1. The summed E-state index contributed by atoms with van der Waals surface area (Å²) in [5.41, 5.74) is 4.16. The predicted molar refractivity (Wildman–Crippen MR) is 112 cm³/mol. The van der Waals surface area contributed by atoms with E-state index in [4.69, 9.17) is 16.3 Å². The number of esters is 1. The molecule has 0 aromatic heterocycles. The standard InChI is InChI=1S/C22H22ClNO2S/c1-14(2)26-22(25)18(12-24)11-17-9-15(3)10-19(16(17)4)13-27-21-7-5-20(23)6-8-21/h5-11,14H,13H2,1-4H3. The molecule has 0 atom stereocenters. The third-order valence-corrected chi connectivity index (χ3v) is 5.20. The predicted octanol–water partition coefficient (Wildman–Crippen LogP) is 6.11. The second-order valence-corrected chi connectivity index (χ2v) is 7.99. The van der Waals surface area contributed by atoms with Crippen LogP contribution in [0, 0.1) is 25.2 Å². The van der Waals surface area contributed by atoms with Gasteiger partial charge in [0.2, 0.25) is 0 Å². The maximum absolute atomic E-state index is 12.1. The number of nitrogens with zero attached hydrogens (tertiary/aromatic N) is 1. The molecule has 2 aromatic carbocycles. The zero-order valence-electron chi connectivity index (χ0n) is 15.9. The van der Waals surface area contributed by atoms with E-state index in [-0.39, 0.29) is 11.7 Å². The van der Waals surface area contributed by atoms with E-state index in [0.29, 0.717) is 0 Å². The third-order valence-electron chi connectivity index (χ3n) is 3.89. The first-order valence-electron chi connectivity index (χ1n) is 8.61. The summed E-state index contributed by atoms with van der Waals surface area (Å²) in [7, 11) is 0. The number of carbonyl (C=O) groups excluding carboxylic acids is 1. The number of benzene rings is 2. The first kappa shape index (κ1) is 21.1. The number of halogens is 1. The summed E-state index contributed by atoms with van der Waals surface area (Å²) in [6, 6.07) is 13.8. The van der Waals surface area contributed by atoms with Crippen molar-refractivity contribution in [1.82, 2.24) is 0 Å². The average molecular weight is 400 g/mol. The summed E-state index contributed by atoms with van der Waals surface area (Å²) < 4.78 is 5.15. The van der Waals surface area contributed by atoms with E-state index in [1.165, 1.54) is 0 Å². The molecule has 0 aliphatic carbocycles. The van der Waals surface area contributed by atoms with Crippen LogP contribution in [-0.4, -0.2) is 12.1 Å². The van der Waals surface area contributed by atoms with E-state index < -0.39 is 5.97 Å². The average Bonchev–Trinajstić information content (AvgIpc) is 2.61. The molecule has 0 aliphatic heterocycles. The van der Waals surface area contributed by atoms with Crippen molar-refractivity contribution in [3.63, 3.8) is 0 Å². The highest BCUT2D eigenvalue weighted by Crippen LogP contribution is 2.28. The van der Waals surface area contributed by atoms with Crippen LogP contribution in [0.5, 0.6) is 0 Å². The van der Waals surface area contributed by atoms with Gasteiger partial charge in [-0.2, -0.15) is 5.26 Å². The Kier molecular flexibility index (Phi) is 7.53. The molecule has 0 aliphatic rings. The number of thioether (sulfide) groups is 1. The van der Waals surface area contributed by atoms with Crippen molar-refractivity contribution in [3.8, 4) is 6.07 Å². The quantitative estimate of drug-likeness (QED) is 0.254. The van der Waals surface area contributed by atoms with E-state index >= 15 is 0 Å².